The number of benzene rings is 1. The molecule has 14 heavy (non-hydrogen) atoms. The highest BCUT2D eigenvalue weighted by molar-refractivity contribution is 9.10. The number of rotatable bonds is 4. The molecule has 1 rings (SSSR count). The molecule has 0 spiro atoms. The van der Waals surface area contributed by atoms with E-state index in [1.54, 1.807) is 12.1 Å². The van der Waals surface area contributed by atoms with Gasteiger partial charge in [0.2, 0.25) is 0 Å². The molecule has 0 heterocycles. The highest BCUT2D eigenvalue weighted by Crippen LogP contribution is 2.22. The van der Waals surface area contributed by atoms with Gasteiger partial charge < -0.3 is 9.84 Å². The summed E-state index contributed by atoms with van der Waals surface area (Å²) in [5.74, 6) is 0.666. The second-order valence-corrected chi connectivity index (χ2v) is 4.11. The van der Waals surface area contributed by atoms with Gasteiger partial charge in [-0.15, -0.1) is 0 Å². The van der Waals surface area contributed by atoms with E-state index in [0.29, 0.717) is 10.8 Å². The highest BCUT2D eigenvalue weighted by Gasteiger charge is 2.01. The van der Waals surface area contributed by atoms with Gasteiger partial charge in [0.1, 0.15) is 12.4 Å². The van der Waals surface area contributed by atoms with Crippen molar-refractivity contribution in [1.29, 1.82) is 0 Å². The van der Waals surface area contributed by atoms with Gasteiger partial charge in [-0.25, -0.2) is 0 Å². The molecule has 0 bridgehead atoms. The van der Waals surface area contributed by atoms with Crippen LogP contribution in [-0.4, -0.2) is 11.7 Å². The summed E-state index contributed by atoms with van der Waals surface area (Å²) in [6.45, 7) is 3.76. The van der Waals surface area contributed by atoms with Crippen LogP contribution < -0.4 is 4.74 Å². The smallest absolute Gasteiger partial charge is 0.123 e. The molecular formula is C10H10BrClO2. The van der Waals surface area contributed by atoms with E-state index >= 15 is 0 Å². The van der Waals surface area contributed by atoms with Gasteiger partial charge in [0.25, 0.3) is 0 Å². The van der Waals surface area contributed by atoms with Crippen molar-refractivity contribution in [3.63, 3.8) is 0 Å². The molecule has 1 aromatic rings. The zero-order valence-electron chi connectivity index (χ0n) is 7.46. The minimum absolute atomic E-state index is 0.0282. The van der Waals surface area contributed by atoms with Gasteiger partial charge in [0, 0.05) is 9.51 Å². The van der Waals surface area contributed by atoms with E-state index in [9.17, 15) is 0 Å². The predicted octanol–water partition coefficient (Wildman–Crippen LogP) is 3.07. The molecule has 0 radical (unpaired) electrons. The van der Waals surface area contributed by atoms with E-state index in [-0.39, 0.29) is 13.2 Å². The number of ether oxygens (including phenoxy) is 1. The first-order valence-corrected chi connectivity index (χ1v) is 5.16. The van der Waals surface area contributed by atoms with Crippen LogP contribution >= 0.6 is 27.5 Å². The van der Waals surface area contributed by atoms with Gasteiger partial charge in [0.05, 0.1) is 6.61 Å². The quantitative estimate of drug-likeness (QED) is 0.916. The van der Waals surface area contributed by atoms with Gasteiger partial charge >= 0.3 is 0 Å². The molecule has 0 saturated heterocycles. The van der Waals surface area contributed by atoms with Crippen molar-refractivity contribution in [2.75, 3.05) is 6.61 Å². The zero-order valence-corrected chi connectivity index (χ0v) is 9.81. The fourth-order valence-electron chi connectivity index (χ4n) is 0.924. The van der Waals surface area contributed by atoms with E-state index in [4.69, 9.17) is 21.4 Å². The first-order valence-electron chi connectivity index (χ1n) is 3.99. The Bertz CT molecular complexity index is 339. The van der Waals surface area contributed by atoms with E-state index in [1.165, 1.54) is 0 Å². The summed E-state index contributed by atoms with van der Waals surface area (Å²) in [6.07, 6.45) is 0. The lowest BCUT2D eigenvalue weighted by molar-refractivity contribution is 0.279. The molecule has 0 aliphatic rings. The summed E-state index contributed by atoms with van der Waals surface area (Å²) >= 11 is 8.87. The molecule has 0 aliphatic carbocycles. The second-order valence-electron chi connectivity index (χ2n) is 2.72. The summed E-state index contributed by atoms with van der Waals surface area (Å²) in [7, 11) is 0. The molecule has 1 aromatic carbocycles. The predicted molar refractivity (Wildman–Crippen MR) is 60.6 cm³/mol. The van der Waals surface area contributed by atoms with Crippen molar-refractivity contribution in [1.82, 2.24) is 0 Å². The molecule has 0 unspecified atom stereocenters. The monoisotopic (exact) mass is 276 g/mol. The molecule has 0 fully saturated rings. The third kappa shape index (κ3) is 3.33. The SMILES string of the molecule is C=C(Cl)COc1ccc(Br)c(CO)c1. The molecule has 76 valence electrons. The van der Waals surface area contributed by atoms with E-state index in [2.05, 4.69) is 22.5 Å². The fourth-order valence-corrected chi connectivity index (χ4v) is 1.35. The van der Waals surface area contributed by atoms with Crippen molar-refractivity contribution in [3.8, 4) is 5.75 Å². The Morgan fingerprint density at radius 2 is 2.29 bits per heavy atom. The number of hydrogen-bond donors (Lipinski definition) is 1. The minimum atomic E-state index is -0.0282. The summed E-state index contributed by atoms with van der Waals surface area (Å²) < 4.78 is 6.16. The van der Waals surface area contributed by atoms with Crippen molar-refractivity contribution in [3.05, 3.63) is 39.8 Å². The summed E-state index contributed by atoms with van der Waals surface area (Å²) in [5.41, 5.74) is 0.780. The maximum absolute atomic E-state index is 8.99. The van der Waals surface area contributed by atoms with E-state index in [0.717, 1.165) is 10.0 Å². The van der Waals surface area contributed by atoms with Crippen molar-refractivity contribution in [2.24, 2.45) is 0 Å². The molecule has 1 N–H and O–H groups in total. The van der Waals surface area contributed by atoms with Gasteiger partial charge in [-0.05, 0) is 23.8 Å². The molecule has 0 saturated carbocycles. The zero-order chi connectivity index (χ0) is 10.6. The average molecular weight is 278 g/mol. The Morgan fingerprint density at radius 3 is 2.86 bits per heavy atom. The Kier molecular flexibility index (Phi) is 4.45. The van der Waals surface area contributed by atoms with Crippen LogP contribution in [0.4, 0.5) is 0 Å². The molecule has 0 aliphatic heterocycles. The molecule has 2 nitrogen and oxygen atoms in total. The summed E-state index contributed by atoms with van der Waals surface area (Å²) in [5, 5.41) is 9.43. The molecule has 0 amide bonds. The van der Waals surface area contributed by atoms with Crippen molar-refractivity contribution >= 4 is 27.5 Å². The average Bonchev–Trinajstić information content (AvgIpc) is 2.16. The van der Waals surface area contributed by atoms with Gasteiger partial charge in [0.15, 0.2) is 0 Å². The Balaban J connectivity index is 2.74. The van der Waals surface area contributed by atoms with Crippen LogP contribution in [0.5, 0.6) is 5.75 Å². The topological polar surface area (TPSA) is 29.5 Å². The standard InChI is InChI=1S/C10H10BrClO2/c1-7(12)6-14-9-2-3-10(11)8(4-9)5-13/h2-4,13H,1,5-6H2. The lowest BCUT2D eigenvalue weighted by Gasteiger charge is -2.07. The normalized spacial score (nSPS) is 9.93. The number of hydrogen-bond acceptors (Lipinski definition) is 2. The van der Waals surface area contributed by atoms with Crippen LogP contribution in [0.2, 0.25) is 0 Å². The maximum Gasteiger partial charge on any atom is 0.123 e. The molecule has 4 heteroatoms. The van der Waals surface area contributed by atoms with Crippen LogP contribution in [0.15, 0.2) is 34.3 Å². The molecule has 0 aromatic heterocycles. The minimum Gasteiger partial charge on any atom is -0.488 e. The lowest BCUT2D eigenvalue weighted by atomic mass is 10.2. The van der Waals surface area contributed by atoms with Crippen molar-refractivity contribution in [2.45, 2.75) is 6.61 Å². The Morgan fingerprint density at radius 1 is 1.57 bits per heavy atom. The van der Waals surface area contributed by atoms with Crippen LogP contribution in [0.25, 0.3) is 0 Å². The molecular weight excluding hydrogens is 267 g/mol. The largest absolute Gasteiger partial charge is 0.488 e. The lowest BCUT2D eigenvalue weighted by Crippen LogP contribution is -1.97. The van der Waals surface area contributed by atoms with Crippen LogP contribution in [0.3, 0.4) is 0 Å². The highest BCUT2D eigenvalue weighted by atomic mass is 79.9. The third-order valence-electron chi connectivity index (χ3n) is 1.58. The van der Waals surface area contributed by atoms with Gasteiger partial charge in [-0.3, -0.25) is 0 Å². The Labute approximate surface area is 96.3 Å². The Hall–Kier alpha value is -0.510. The first-order chi connectivity index (χ1) is 6.63. The van der Waals surface area contributed by atoms with Gasteiger partial charge in [-0.1, -0.05) is 34.1 Å². The van der Waals surface area contributed by atoms with Crippen LogP contribution in [0, 0.1) is 0 Å². The molecule has 0 atom stereocenters. The number of halogens is 2. The van der Waals surface area contributed by atoms with Crippen molar-refractivity contribution < 1.29 is 9.84 Å². The first kappa shape index (κ1) is 11.6. The van der Waals surface area contributed by atoms with Gasteiger partial charge in [-0.2, -0.15) is 0 Å². The number of aliphatic hydroxyl groups excluding tert-OH is 1. The van der Waals surface area contributed by atoms with Crippen LogP contribution in [-0.2, 0) is 6.61 Å². The van der Waals surface area contributed by atoms with E-state index < -0.39 is 0 Å². The van der Waals surface area contributed by atoms with E-state index in [1.807, 2.05) is 6.07 Å². The fraction of sp³-hybridized carbons (Fsp3) is 0.200. The number of aliphatic hydroxyl groups is 1. The summed E-state index contributed by atoms with van der Waals surface area (Å²) in [4.78, 5) is 0. The van der Waals surface area contributed by atoms with Crippen LogP contribution in [0.1, 0.15) is 5.56 Å². The maximum atomic E-state index is 8.99. The third-order valence-corrected chi connectivity index (χ3v) is 2.47. The summed E-state index contributed by atoms with van der Waals surface area (Å²) in [6, 6.07) is 5.37. The second kappa shape index (κ2) is 5.39.